The first-order valence-electron chi connectivity index (χ1n) is 5.22. The fraction of sp³-hybridized carbons (Fsp3) is 0.455. The zero-order chi connectivity index (χ0) is 11.4. The summed E-state index contributed by atoms with van der Waals surface area (Å²) in [5, 5.41) is 25.4. The maximum absolute atomic E-state index is 8.99. The Morgan fingerprint density at radius 3 is 2.88 bits per heavy atom. The Balaban J connectivity index is 2.25. The van der Waals surface area contributed by atoms with Gasteiger partial charge in [-0.25, -0.2) is 0 Å². The van der Waals surface area contributed by atoms with E-state index in [1.54, 1.807) is 6.07 Å². The highest BCUT2D eigenvalue weighted by molar-refractivity contribution is 5.54. The lowest BCUT2D eigenvalue weighted by Gasteiger charge is -2.22. The predicted octanol–water partition coefficient (Wildman–Crippen LogP) is 1.23. The van der Waals surface area contributed by atoms with Gasteiger partial charge in [0.1, 0.15) is 6.07 Å². The van der Waals surface area contributed by atoms with Gasteiger partial charge in [0.2, 0.25) is 0 Å². The Kier molecular flexibility index (Phi) is 2.98. The van der Waals surface area contributed by atoms with Gasteiger partial charge in [0, 0.05) is 12.6 Å². The summed E-state index contributed by atoms with van der Waals surface area (Å²) in [6.45, 7) is 0.620. The first-order chi connectivity index (χ1) is 7.86. The SMILES string of the molecule is N#CCCN(c1nnccc1C#N)C1CC1. The molecule has 0 spiro atoms. The molecular weight excluding hydrogens is 202 g/mol. The molecule has 0 aliphatic heterocycles. The molecule has 0 unspecified atom stereocenters. The predicted molar refractivity (Wildman–Crippen MR) is 57.3 cm³/mol. The number of nitriles is 2. The lowest BCUT2D eigenvalue weighted by atomic mass is 10.2. The molecule has 1 fully saturated rings. The van der Waals surface area contributed by atoms with Crippen LogP contribution >= 0.6 is 0 Å². The third kappa shape index (κ3) is 2.09. The fourth-order valence-corrected chi connectivity index (χ4v) is 1.64. The Morgan fingerprint density at radius 1 is 1.44 bits per heavy atom. The van der Waals surface area contributed by atoms with Gasteiger partial charge in [0.25, 0.3) is 0 Å². The van der Waals surface area contributed by atoms with Crippen molar-refractivity contribution in [1.82, 2.24) is 10.2 Å². The number of aromatic nitrogens is 2. The average molecular weight is 213 g/mol. The number of hydrogen-bond donors (Lipinski definition) is 0. The molecule has 16 heavy (non-hydrogen) atoms. The van der Waals surface area contributed by atoms with Gasteiger partial charge < -0.3 is 4.90 Å². The van der Waals surface area contributed by atoms with Gasteiger partial charge in [-0.15, -0.1) is 5.10 Å². The zero-order valence-corrected chi connectivity index (χ0v) is 8.80. The van der Waals surface area contributed by atoms with Crippen LogP contribution in [0.5, 0.6) is 0 Å². The van der Waals surface area contributed by atoms with Crippen molar-refractivity contribution in [2.45, 2.75) is 25.3 Å². The Morgan fingerprint density at radius 2 is 2.25 bits per heavy atom. The van der Waals surface area contributed by atoms with E-state index in [1.807, 2.05) is 4.90 Å². The van der Waals surface area contributed by atoms with E-state index >= 15 is 0 Å². The third-order valence-electron chi connectivity index (χ3n) is 2.55. The normalized spacial score (nSPS) is 13.9. The van der Waals surface area contributed by atoms with Crippen LogP contribution in [0.3, 0.4) is 0 Å². The summed E-state index contributed by atoms with van der Waals surface area (Å²) in [6, 6.07) is 6.31. The molecule has 0 bridgehead atoms. The average Bonchev–Trinajstić information content (AvgIpc) is 3.14. The van der Waals surface area contributed by atoms with Crippen molar-refractivity contribution in [2.24, 2.45) is 0 Å². The molecule has 0 saturated heterocycles. The van der Waals surface area contributed by atoms with Gasteiger partial charge in [-0.1, -0.05) is 0 Å². The topological polar surface area (TPSA) is 76.6 Å². The van der Waals surface area contributed by atoms with Crippen LogP contribution < -0.4 is 4.90 Å². The summed E-state index contributed by atoms with van der Waals surface area (Å²) in [4.78, 5) is 2.02. The van der Waals surface area contributed by atoms with E-state index in [2.05, 4.69) is 22.3 Å². The summed E-state index contributed by atoms with van der Waals surface area (Å²) in [5.74, 6) is 0.614. The zero-order valence-electron chi connectivity index (χ0n) is 8.80. The van der Waals surface area contributed by atoms with Gasteiger partial charge in [-0.2, -0.15) is 15.6 Å². The van der Waals surface area contributed by atoms with Crippen molar-refractivity contribution in [1.29, 1.82) is 10.5 Å². The van der Waals surface area contributed by atoms with Gasteiger partial charge in [-0.3, -0.25) is 0 Å². The van der Waals surface area contributed by atoms with Crippen LogP contribution in [0.2, 0.25) is 0 Å². The lowest BCUT2D eigenvalue weighted by molar-refractivity contribution is 0.763. The number of hydrogen-bond acceptors (Lipinski definition) is 5. The van der Waals surface area contributed by atoms with Crippen molar-refractivity contribution >= 4 is 5.82 Å². The minimum absolute atomic E-state index is 0.428. The minimum Gasteiger partial charge on any atom is -0.350 e. The summed E-state index contributed by atoms with van der Waals surface area (Å²) >= 11 is 0. The van der Waals surface area contributed by atoms with Gasteiger partial charge in [0.15, 0.2) is 5.82 Å². The Hall–Kier alpha value is -2.14. The van der Waals surface area contributed by atoms with Crippen LogP contribution in [-0.4, -0.2) is 22.8 Å². The maximum Gasteiger partial charge on any atom is 0.169 e. The van der Waals surface area contributed by atoms with Crippen LogP contribution in [0.1, 0.15) is 24.8 Å². The first kappa shape index (κ1) is 10.4. The van der Waals surface area contributed by atoms with Crippen LogP contribution in [-0.2, 0) is 0 Å². The van der Waals surface area contributed by atoms with Gasteiger partial charge >= 0.3 is 0 Å². The van der Waals surface area contributed by atoms with Crippen molar-refractivity contribution in [3.8, 4) is 12.1 Å². The molecule has 1 aliphatic rings. The highest BCUT2D eigenvalue weighted by atomic mass is 15.3. The van der Waals surface area contributed by atoms with E-state index in [4.69, 9.17) is 10.5 Å². The first-order valence-corrected chi connectivity index (χ1v) is 5.22. The van der Waals surface area contributed by atoms with Crippen molar-refractivity contribution < 1.29 is 0 Å². The fourth-order valence-electron chi connectivity index (χ4n) is 1.64. The Bertz CT molecular complexity index is 452. The van der Waals surface area contributed by atoms with E-state index in [1.165, 1.54) is 6.20 Å². The molecule has 1 aliphatic carbocycles. The summed E-state index contributed by atoms with van der Waals surface area (Å²) in [7, 11) is 0. The molecule has 0 N–H and O–H groups in total. The highest BCUT2D eigenvalue weighted by Gasteiger charge is 2.31. The van der Waals surface area contributed by atoms with Crippen LogP contribution in [0.25, 0.3) is 0 Å². The lowest BCUT2D eigenvalue weighted by Crippen LogP contribution is -2.28. The number of nitrogens with zero attached hydrogens (tertiary/aromatic N) is 5. The molecule has 0 atom stereocenters. The summed E-state index contributed by atoms with van der Waals surface area (Å²) in [6.07, 6.45) is 4.16. The largest absolute Gasteiger partial charge is 0.350 e. The second-order valence-corrected chi connectivity index (χ2v) is 3.71. The molecule has 0 aromatic carbocycles. The molecule has 5 heteroatoms. The van der Waals surface area contributed by atoms with Crippen molar-refractivity contribution in [3.63, 3.8) is 0 Å². The molecule has 0 radical (unpaired) electrons. The van der Waals surface area contributed by atoms with E-state index in [0.717, 1.165) is 12.8 Å². The molecule has 1 heterocycles. The van der Waals surface area contributed by atoms with E-state index in [-0.39, 0.29) is 0 Å². The Labute approximate surface area is 93.9 Å². The van der Waals surface area contributed by atoms with E-state index in [9.17, 15) is 0 Å². The van der Waals surface area contributed by atoms with E-state index in [0.29, 0.717) is 30.4 Å². The third-order valence-corrected chi connectivity index (χ3v) is 2.55. The quantitative estimate of drug-likeness (QED) is 0.751. The summed E-state index contributed by atoms with van der Waals surface area (Å²) in [5.41, 5.74) is 0.528. The van der Waals surface area contributed by atoms with Gasteiger partial charge in [0.05, 0.1) is 24.3 Å². The second kappa shape index (κ2) is 4.59. The smallest absolute Gasteiger partial charge is 0.169 e. The molecular formula is C11H11N5. The van der Waals surface area contributed by atoms with Crippen LogP contribution in [0.15, 0.2) is 12.3 Å². The van der Waals surface area contributed by atoms with Crippen LogP contribution in [0.4, 0.5) is 5.82 Å². The standard InChI is InChI=1S/C11H11N5/c12-5-1-7-16(10-2-3-10)11-9(8-13)4-6-14-15-11/h4,6,10H,1-3,7H2. The maximum atomic E-state index is 8.99. The number of anilines is 1. The molecule has 1 saturated carbocycles. The van der Waals surface area contributed by atoms with Crippen molar-refractivity contribution in [2.75, 3.05) is 11.4 Å². The summed E-state index contributed by atoms with van der Waals surface area (Å²) < 4.78 is 0. The molecule has 0 amide bonds. The van der Waals surface area contributed by atoms with Gasteiger partial charge in [-0.05, 0) is 18.9 Å². The molecule has 80 valence electrons. The highest BCUT2D eigenvalue weighted by Crippen LogP contribution is 2.31. The van der Waals surface area contributed by atoms with Crippen LogP contribution in [0, 0.1) is 22.7 Å². The number of rotatable bonds is 4. The molecule has 5 nitrogen and oxygen atoms in total. The molecule has 1 aromatic heterocycles. The van der Waals surface area contributed by atoms with Crippen molar-refractivity contribution in [3.05, 3.63) is 17.8 Å². The second-order valence-electron chi connectivity index (χ2n) is 3.71. The minimum atomic E-state index is 0.428. The monoisotopic (exact) mass is 213 g/mol. The molecule has 2 rings (SSSR count). The molecule has 1 aromatic rings. The van der Waals surface area contributed by atoms with E-state index < -0.39 is 0 Å².